The van der Waals surface area contributed by atoms with E-state index in [1.54, 1.807) is 31.7 Å². The van der Waals surface area contributed by atoms with Gasteiger partial charge in [-0.2, -0.15) is 5.26 Å². The Morgan fingerprint density at radius 1 is 1.52 bits per heavy atom. The normalized spacial score (nSPS) is 22.7. The Morgan fingerprint density at radius 3 is 2.74 bits per heavy atom. The number of likely N-dealkylation sites (tertiary alicyclic amines) is 1. The SMILES string of the molecule is CC(N)C(=O)N1[C@H](c2cc(Cl)ccc2F)CC[C@@H]1C(C)(C)C#N. The molecule has 1 aliphatic rings. The second-order valence-corrected chi connectivity index (χ2v) is 7.08. The first-order valence-electron chi connectivity index (χ1n) is 7.63. The molecule has 23 heavy (non-hydrogen) atoms. The van der Waals surface area contributed by atoms with Crippen LogP contribution in [0.2, 0.25) is 5.02 Å². The zero-order chi connectivity index (χ0) is 17.4. The molecule has 3 atom stereocenters. The Bertz CT molecular complexity index is 654. The van der Waals surface area contributed by atoms with Crippen LogP contribution in [-0.4, -0.2) is 22.9 Å². The summed E-state index contributed by atoms with van der Waals surface area (Å²) in [7, 11) is 0. The quantitative estimate of drug-likeness (QED) is 0.918. The number of halogens is 2. The Hall–Kier alpha value is -1.64. The van der Waals surface area contributed by atoms with E-state index in [1.165, 1.54) is 12.1 Å². The molecule has 4 nitrogen and oxygen atoms in total. The zero-order valence-electron chi connectivity index (χ0n) is 13.5. The minimum Gasteiger partial charge on any atom is -0.330 e. The Labute approximate surface area is 141 Å². The highest BCUT2D eigenvalue weighted by atomic mass is 35.5. The minimum atomic E-state index is -0.742. The predicted octanol–water partition coefficient (Wildman–Crippen LogP) is 3.41. The second kappa shape index (κ2) is 6.46. The van der Waals surface area contributed by atoms with Gasteiger partial charge >= 0.3 is 0 Å². The van der Waals surface area contributed by atoms with E-state index in [9.17, 15) is 14.4 Å². The number of amides is 1. The third-order valence-corrected chi connectivity index (χ3v) is 4.70. The molecule has 0 radical (unpaired) electrons. The molecule has 1 aliphatic heterocycles. The van der Waals surface area contributed by atoms with Gasteiger partial charge in [-0.25, -0.2) is 4.39 Å². The molecular weight excluding hydrogens is 317 g/mol. The molecule has 0 bridgehead atoms. The number of hydrogen-bond acceptors (Lipinski definition) is 3. The van der Waals surface area contributed by atoms with Crippen LogP contribution in [0.4, 0.5) is 4.39 Å². The average molecular weight is 338 g/mol. The van der Waals surface area contributed by atoms with Gasteiger partial charge in [0.25, 0.3) is 0 Å². The fourth-order valence-corrected chi connectivity index (χ4v) is 3.39. The number of carbonyl (C=O) groups excluding carboxylic acids is 1. The number of nitrogens with zero attached hydrogens (tertiary/aromatic N) is 2. The van der Waals surface area contributed by atoms with Crippen molar-refractivity contribution in [3.05, 3.63) is 34.6 Å². The predicted molar refractivity (Wildman–Crippen MR) is 87.1 cm³/mol. The standard InChI is InChI=1S/C17H21ClFN3O/c1-10(21)16(23)22-14(6-7-15(22)17(2,3)9-20)12-8-11(18)4-5-13(12)19/h4-5,8,10,14-15H,6-7,21H2,1-3H3/t10?,14-,15+/m0/s1. The maximum atomic E-state index is 14.3. The van der Waals surface area contributed by atoms with Crippen LogP contribution in [0.25, 0.3) is 0 Å². The first-order chi connectivity index (χ1) is 10.7. The van der Waals surface area contributed by atoms with Gasteiger partial charge in [-0.15, -0.1) is 0 Å². The number of nitrogens with two attached hydrogens (primary N) is 1. The van der Waals surface area contributed by atoms with E-state index in [0.29, 0.717) is 23.4 Å². The highest BCUT2D eigenvalue weighted by Crippen LogP contribution is 2.44. The fourth-order valence-electron chi connectivity index (χ4n) is 3.21. The van der Waals surface area contributed by atoms with Gasteiger partial charge in [-0.05, 0) is 51.8 Å². The summed E-state index contributed by atoms with van der Waals surface area (Å²) in [5.74, 6) is -0.683. The number of rotatable bonds is 3. The fraction of sp³-hybridized carbons (Fsp3) is 0.529. The van der Waals surface area contributed by atoms with Gasteiger partial charge in [-0.3, -0.25) is 4.79 Å². The molecule has 124 valence electrons. The molecule has 0 aromatic heterocycles. The van der Waals surface area contributed by atoms with Crippen molar-refractivity contribution in [2.24, 2.45) is 11.1 Å². The number of carbonyl (C=O) groups is 1. The van der Waals surface area contributed by atoms with Crippen LogP contribution in [0.1, 0.15) is 45.2 Å². The molecule has 0 saturated carbocycles. The Kier molecular flexibility index (Phi) is 4.98. The molecule has 0 aliphatic carbocycles. The van der Waals surface area contributed by atoms with Crippen LogP contribution < -0.4 is 5.73 Å². The van der Waals surface area contributed by atoms with Crippen molar-refractivity contribution in [2.75, 3.05) is 0 Å². The third-order valence-electron chi connectivity index (χ3n) is 4.47. The third kappa shape index (κ3) is 3.34. The van der Waals surface area contributed by atoms with Crippen LogP contribution >= 0.6 is 11.6 Å². The van der Waals surface area contributed by atoms with E-state index >= 15 is 0 Å². The molecule has 0 spiro atoms. The molecule has 6 heteroatoms. The van der Waals surface area contributed by atoms with Gasteiger partial charge in [0, 0.05) is 10.6 Å². The number of hydrogen-bond donors (Lipinski definition) is 1. The van der Waals surface area contributed by atoms with Crippen molar-refractivity contribution in [2.45, 2.75) is 51.7 Å². The van der Waals surface area contributed by atoms with E-state index in [-0.39, 0.29) is 11.9 Å². The van der Waals surface area contributed by atoms with Crippen molar-refractivity contribution in [3.8, 4) is 6.07 Å². The molecule has 2 rings (SSSR count). The zero-order valence-corrected chi connectivity index (χ0v) is 14.3. The topological polar surface area (TPSA) is 70.1 Å². The van der Waals surface area contributed by atoms with Gasteiger partial charge in [0.15, 0.2) is 0 Å². The smallest absolute Gasteiger partial charge is 0.240 e. The highest BCUT2D eigenvalue weighted by molar-refractivity contribution is 6.30. The minimum absolute atomic E-state index is 0.278. The Morgan fingerprint density at radius 2 is 2.17 bits per heavy atom. The van der Waals surface area contributed by atoms with Gasteiger partial charge in [0.05, 0.1) is 29.6 Å². The van der Waals surface area contributed by atoms with Crippen molar-refractivity contribution in [3.63, 3.8) is 0 Å². The summed E-state index contributed by atoms with van der Waals surface area (Å²) < 4.78 is 14.3. The van der Waals surface area contributed by atoms with Gasteiger partial charge in [0.2, 0.25) is 5.91 Å². The lowest BCUT2D eigenvalue weighted by atomic mass is 9.84. The van der Waals surface area contributed by atoms with E-state index in [2.05, 4.69) is 6.07 Å². The molecule has 1 heterocycles. The highest BCUT2D eigenvalue weighted by Gasteiger charge is 2.46. The van der Waals surface area contributed by atoms with E-state index < -0.39 is 23.3 Å². The summed E-state index contributed by atoms with van der Waals surface area (Å²) >= 11 is 5.99. The van der Waals surface area contributed by atoms with Crippen molar-refractivity contribution in [1.82, 2.24) is 4.90 Å². The van der Waals surface area contributed by atoms with Crippen LogP contribution in [0.5, 0.6) is 0 Å². The lowest BCUT2D eigenvalue weighted by molar-refractivity contribution is -0.137. The number of benzene rings is 1. The summed E-state index contributed by atoms with van der Waals surface area (Å²) in [6.07, 6.45) is 1.20. The first kappa shape index (κ1) is 17.7. The Balaban J connectivity index is 2.49. The number of nitriles is 1. The monoisotopic (exact) mass is 337 g/mol. The lowest BCUT2D eigenvalue weighted by Crippen LogP contribution is -2.50. The van der Waals surface area contributed by atoms with Crippen molar-refractivity contribution >= 4 is 17.5 Å². The molecule has 1 amide bonds. The maximum absolute atomic E-state index is 14.3. The van der Waals surface area contributed by atoms with E-state index in [4.69, 9.17) is 17.3 Å². The first-order valence-corrected chi connectivity index (χ1v) is 8.00. The summed E-state index contributed by atoms with van der Waals surface area (Å²) in [5.41, 5.74) is 5.41. The molecular formula is C17H21ClFN3O. The summed E-state index contributed by atoms with van der Waals surface area (Å²) in [5, 5.41) is 9.85. The van der Waals surface area contributed by atoms with Crippen LogP contribution in [-0.2, 0) is 4.79 Å². The van der Waals surface area contributed by atoms with Crippen LogP contribution in [0, 0.1) is 22.6 Å². The van der Waals surface area contributed by atoms with E-state index in [1.807, 2.05) is 0 Å². The molecule has 1 fully saturated rings. The maximum Gasteiger partial charge on any atom is 0.240 e. The van der Waals surface area contributed by atoms with Gasteiger partial charge < -0.3 is 10.6 Å². The van der Waals surface area contributed by atoms with Gasteiger partial charge in [0.1, 0.15) is 5.82 Å². The second-order valence-electron chi connectivity index (χ2n) is 6.64. The molecule has 1 unspecified atom stereocenters. The molecule has 1 saturated heterocycles. The van der Waals surface area contributed by atoms with Crippen LogP contribution in [0.15, 0.2) is 18.2 Å². The summed E-state index contributed by atoms with van der Waals surface area (Å²) in [6, 6.07) is 5.10. The van der Waals surface area contributed by atoms with Crippen LogP contribution in [0.3, 0.4) is 0 Å². The molecule has 2 N–H and O–H groups in total. The molecule has 1 aromatic carbocycles. The lowest BCUT2D eigenvalue weighted by Gasteiger charge is -2.37. The van der Waals surface area contributed by atoms with E-state index in [0.717, 1.165) is 0 Å². The largest absolute Gasteiger partial charge is 0.330 e. The summed E-state index contributed by atoms with van der Waals surface area (Å²) in [4.78, 5) is 14.2. The van der Waals surface area contributed by atoms with Gasteiger partial charge in [-0.1, -0.05) is 11.6 Å². The summed E-state index contributed by atoms with van der Waals surface area (Å²) in [6.45, 7) is 5.17. The molecule has 1 aromatic rings. The average Bonchev–Trinajstić information content (AvgIpc) is 2.94. The van der Waals surface area contributed by atoms with Crippen molar-refractivity contribution in [1.29, 1.82) is 5.26 Å². The van der Waals surface area contributed by atoms with Crippen molar-refractivity contribution < 1.29 is 9.18 Å².